The number of carbonyl (C=O) groups excluding carboxylic acids is 1. The van der Waals surface area contributed by atoms with Crippen molar-refractivity contribution in [1.29, 1.82) is 0 Å². The molecule has 1 amide bonds. The molecule has 2 N–H and O–H groups in total. The first-order valence-corrected chi connectivity index (χ1v) is 5.88. The molecule has 3 nitrogen and oxygen atoms in total. The first-order chi connectivity index (χ1) is 7.74. The smallest absolute Gasteiger partial charge is 0.251 e. The van der Waals surface area contributed by atoms with Gasteiger partial charge in [0.1, 0.15) is 0 Å². The molecule has 1 aromatic rings. The molecule has 0 heterocycles. The molecule has 1 atom stereocenters. The zero-order chi connectivity index (χ0) is 13.2. The zero-order valence-electron chi connectivity index (χ0n) is 10.5. The van der Waals surface area contributed by atoms with Crippen molar-refractivity contribution < 1.29 is 9.90 Å². The molecular formula is C13H18ClNO2. The van der Waals surface area contributed by atoms with E-state index in [1.807, 2.05) is 6.92 Å². The third-order valence-corrected chi connectivity index (χ3v) is 3.32. The molecule has 0 radical (unpaired) electrons. The molecule has 0 aliphatic heterocycles. The minimum Gasteiger partial charge on any atom is -0.391 e. The van der Waals surface area contributed by atoms with E-state index in [0.717, 1.165) is 5.56 Å². The Morgan fingerprint density at radius 3 is 2.53 bits per heavy atom. The number of aliphatic hydroxyl groups is 1. The van der Waals surface area contributed by atoms with Crippen molar-refractivity contribution in [3.63, 3.8) is 0 Å². The van der Waals surface area contributed by atoms with Gasteiger partial charge in [0.25, 0.3) is 5.91 Å². The monoisotopic (exact) mass is 255 g/mol. The Morgan fingerprint density at radius 2 is 2.06 bits per heavy atom. The highest BCUT2D eigenvalue weighted by Crippen LogP contribution is 2.17. The maximum absolute atomic E-state index is 12.0. The van der Waals surface area contributed by atoms with Crippen LogP contribution in [-0.4, -0.2) is 22.7 Å². The molecule has 0 saturated heterocycles. The van der Waals surface area contributed by atoms with Crippen LogP contribution in [0.2, 0.25) is 5.02 Å². The quantitative estimate of drug-likeness (QED) is 0.872. The van der Waals surface area contributed by atoms with Gasteiger partial charge >= 0.3 is 0 Å². The van der Waals surface area contributed by atoms with E-state index in [0.29, 0.717) is 10.6 Å². The number of rotatable bonds is 3. The largest absolute Gasteiger partial charge is 0.391 e. The van der Waals surface area contributed by atoms with Crippen LogP contribution in [0.3, 0.4) is 0 Å². The van der Waals surface area contributed by atoms with Gasteiger partial charge in [0.05, 0.1) is 11.6 Å². The Bertz CT molecular complexity index is 427. The maximum Gasteiger partial charge on any atom is 0.251 e. The van der Waals surface area contributed by atoms with E-state index in [1.54, 1.807) is 39.0 Å². The van der Waals surface area contributed by atoms with Gasteiger partial charge in [-0.3, -0.25) is 4.79 Å². The average molecular weight is 256 g/mol. The summed E-state index contributed by atoms with van der Waals surface area (Å²) in [4.78, 5) is 12.0. The molecule has 94 valence electrons. The highest BCUT2D eigenvalue weighted by molar-refractivity contribution is 6.31. The summed E-state index contributed by atoms with van der Waals surface area (Å²) in [6, 6.07) is 5.10. The van der Waals surface area contributed by atoms with Crippen LogP contribution in [0.25, 0.3) is 0 Å². The van der Waals surface area contributed by atoms with E-state index >= 15 is 0 Å². The number of nitrogens with one attached hydrogen (secondary N) is 1. The first kappa shape index (κ1) is 14.0. The molecule has 0 aliphatic rings. The molecule has 1 rings (SSSR count). The Morgan fingerprint density at radius 1 is 1.47 bits per heavy atom. The molecule has 1 aromatic carbocycles. The van der Waals surface area contributed by atoms with Crippen molar-refractivity contribution in [1.82, 2.24) is 5.32 Å². The number of hydrogen-bond acceptors (Lipinski definition) is 2. The van der Waals surface area contributed by atoms with Crippen LogP contribution in [-0.2, 0) is 0 Å². The summed E-state index contributed by atoms with van der Waals surface area (Å²) in [5.74, 6) is -0.212. The Balaban J connectivity index is 2.87. The number of halogens is 1. The first-order valence-electron chi connectivity index (χ1n) is 5.51. The lowest BCUT2D eigenvalue weighted by molar-refractivity contribution is 0.0709. The van der Waals surface area contributed by atoms with Crippen molar-refractivity contribution in [2.24, 2.45) is 0 Å². The lowest BCUT2D eigenvalue weighted by atomic mass is 9.98. The summed E-state index contributed by atoms with van der Waals surface area (Å²) in [6.07, 6.45) is -0.625. The predicted molar refractivity (Wildman–Crippen MR) is 69.4 cm³/mol. The summed E-state index contributed by atoms with van der Waals surface area (Å²) in [5, 5.41) is 13.0. The second-order valence-corrected chi connectivity index (χ2v) is 5.22. The van der Waals surface area contributed by atoms with Crippen molar-refractivity contribution in [3.05, 3.63) is 34.3 Å². The number of benzene rings is 1. The van der Waals surface area contributed by atoms with Crippen molar-refractivity contribution >= 4 is 17.5 Å². The second kappa shape index (κ2) is 5.07. The van der Waals surface area contributed by atoms with Crippen LogP contribution < -0.4 is 5.32 Å². The van der Waals surface area contributed by atoms with Crippen LogP contribution in [0, 0.1) is 6.92 Å². The van der Waals surface area contributed by atoms with E-state index < -0.39 is 11.6 Å². The van der Waals surface area contributed by atoms with Gasteiger partial charge in [-0.05, 0) is 51.5 Å². The van der Waals surface area contributed by atoms with Gasteiger partial charge in [0.15, 0.2) is 0 Å². The lowest BCUT2D eigenvalue weighted by Crippen LogP contribution is -2.50. The van der Waals surface area contributed by atoms with Crippen LogP contribution >= 0.6 is 11.6 Å². The lowest BCUT2D eigenvalue weighted by Gasteiger charge is -2.29. The van der Waals surface area contributed by atoms with Gasteiger partial charge < -0.3 is 10.4 Å². The highest BCUT2D eigenvalue weighted by Gasteiger charge is 2.26. The van der Waals surface area contributed by atoms with Crippen LogP contribution in [0.4, 0.5) is 0 Å². The molecule has 0 aromatic heterocycles. The van der Waals surface area contributed by atoms with Gasteiger partial charge in [-0.25, -0.2) is 0 Å². The van der Waals surface area contributed by atoms with E-state index in [4.69, 9.17) is 11.6 Å². The molecule has 0 aliphatic carbocycles. The Hall–Kier alpha value is -1.06. The number of carbonyl (C=O) groups is 1. The van der Waals surface area contributed by atoms with Gasteiger partial charge in [-0.1, -0.05) is 11.6 Å². The number of aryl methyl sites for hydroxylation is 1. The van der Waals surface area contributed by atoms with E-state index in [9.17, 15) is 9.90 Å². The molecule has 1 unspecified atom stereocenters. The molecule has 17 heavy (non-hydrogen) atoms. The van der Waals surface area contributed by atoms with Crippen molar-refractivity contribution in [2.75, 3.05) is 0 Å². The number of hydrogen-bond donors (Lipinski definition) is 2. The number of amides is 1. The predicted octanol–water partition coefficient (Wildman–Crippen LogP) is 2.54. The minimum atomic E-state index is -0.662. The normalized spacial score (nSPS) is 13.3. The second-order valence-electron chi connectivity index (χ2n) is 4.82. The summed E-state index contributed by atoms with van der Waals surface area (Å²) in [5.41, 5.74) is 0.736. The van der Waals surface area contributed by atoms with Crippen LogP contribution in [0.15, 0.2) is 18.2 Å². The molecule has 0 spiro atoms. The minimum absolute atomic E-state index is 0.212. The standard InChI is InChI=1S/C13H18ClNO2/c1-8-7-10(5-6-11(8)14)12(17)15-13(3,4)9(2)16/h5-7,9,16H,1-4H3,(H,15,17). The summed E-state index contributed by atoms with van der Waals surface area (Å²) in [7, 11) is 0. The topological polar surface area (TPSA) is 49.3 Å². The van der Waals surface area contributed by atoms with Crippen LogP contribution in [0.5, 0.6) is 0 Å². The number of aliphatic hydroxyl groups excluding tert-OH is 1. The fourth-order valence-corrected chi connectivity index (χ4v) is 1.37. The van der Waals surface area contributed by atoms with E-state index in [-0.39, 0.29) is 5.91 Å². The SMILES string of the molecule is Cc1cc(C(=O)NC(C)(C)C(C)O)ccc1Cl. The summed E-state index contributed by atoms with van der Waals surface area (Å²) in [6.45, 7) is 7.04. The molecule has 0 saturated carbocycles. The molecule has 4 heteroatoms. The van der Waals surface area contributed by atoms with Gasteiger partial charge in [-0.2, -0.15) is 0 Å². The third-order valence-electron chi connectivity index (χ3n) is 2.90. The Kier molecular flexibility index (Phi) is 4.17. The zero-order valence-corrected chi connectivity index (χ0v) is 11.3. The van der Waals surface area contributed by atoms with E-state index in [2.05, 4.69) is 5.32 Å². The fourth-order valence-electron chi connectivity index (χ4n) is 1.26. The van der Waals surface area contributed by atoms with Gasteiger partial charge in [0.2, 0.25) is 0 Å². The molecular weight excluding hydrogens is 238 g/mol. The van der Waals surface area contributed by atoms with Gasteiger partial charge in [-0.15, -0.1) is 0 Å². The highest BCUT2D eigenvalue weighted by atomic mass is 35.5. The van der Waals surface area contributed by atoms with Crippen molar-refractivity contribution in [3.8, 4) is 0 Å². The third kappa shape index (κ3) is 3.45. The van der Waals surface area contributed by atoms with Crippen LogP contribution in [0.1, 0.15) is 36.7 Å². The molecule has 0 fully saturated rings. The Labute approximate surface area is 107 Å². The van der Waals surface area contributed by atoms with Crippen molar-refractivity contribution in [2.45, 2.75) is 39.3 Å². The fraction of sp³-hybridized carbons (Fsp3) is 0.462. The average Bonchev–Trinajstić information content (AvgIpc) is 2.21. The van der Waals surface area contributed by atoms with E-state index in [1.165, 1.54) is 0 Å². The van der Waals surface area contributed by atoms with Gasteiger partial charge in [0, 0.05) is 10.6 Å². The molecule has 0 bridgehead atoms. The maximum atomic E-state index is 12.0. The summed E-state index contributed by atoms with van der Waals surface area (Å²) < 4.78 is 0. The summed E-state index contributed by atoms with van der Waals surface area (Å²) >= 11 is 5.90.